The van der Waals surface area contributed by atoms with Crippen molar-refractivity contribution in [2.75, 3.05) is 19.0 Å². The number of nitrogens with zero attached hydrogens (tertiary/aromatic N) is 5. The van der Waals surface area contributed by atoms with Gasteiger partial charge in [0.05, 0.1) is 35.9 Å². The molecule has 10 nitrogen and oxygen atoms in total. The lowest BCUT2D eigenvalue weighted by atomic mass is 10.2. The summed E-state index contributed by atoms with van der Waals surface area (Å²) in [5, 5.41) is 12.0. The van der Waals surface area contributed by atoms with E-state index in [4.69, 9.17) is 21.1 Å². The summed E-state index contributed by atoms with van der Waals surface area (Å²) in [6, 6.07) is 21.4. The Hall–Kier alpha value is -4.96. The number of benzene rings is 3. The number of methoxy groups -OCH3 is 1. The molecule has 0 saturated heterocycles. The van der Waals surface area contributed by atoms with Crippen molar-refractivity contribution >= 4 is 40.4 Å². The highest BCUT2D eigenvalue weighted by Crippen LogP contribution is 2.28. The summed E-state index contributed by atoms with van der Waals surface area (Å²) in [5.74, 6) is 0.390. The molecule has 0 aliphatic heterocycles. The molecule has 0 saturated carbocycles. The van der Waals surface area contributed by atoms with Crippen molar-refractivity contribution in [3.8, 4) is 17.2 Å². The highest BCUT2D eigenvalue weighted by Gasteiger charge is 2.12. The Kier molecular flexibility index (Phi) is 7.14. The normalized spacial score (nSPS) is 11.1. The third-order valence-electron chi connectivity index (χ3n) is 5.50. The van der Waals surface area contributed by atoms with Crippen LogP contribution in [0, 0.1) is 0 Å². The molecule has 0 spiro atoms. The first kappa shape index (κ1) is 24.7. The Morgan fingerprint density at radius 2 is 1.87 bits per heavy atom. The van der Waals surface area contributed by atoms with E-state index in [0.717, 1.165) is 10.4 Å². The fraction of sp³-hybridized carbons (Fsp3) is 0.0741. The summed E-state index contributed by atoms with van der Waals surface area (Å²) >= 11 is 6.07. The van der Waals surface area contributed by atoms with Gasteiger partial charge in [-0.05, 0) is 48.0 Å². The standard InChI is InChI=1S/C27H21ClN6O4/c1-37-24-13-18(11-12-23(24)38-16-25(35)32-22-10-6-5-9-21(22)28)14-30-33-17-29-26-20(27(33)36)15-31-34(26)19-7-3-2-4-8-19/h2-15,17H,16H2,1H3,(H,32,35)/b30-14+. The van der Waals surface area contributed by atoms with Crippen LogP contribution in [0.3, 0.4) is 0 Å². The molecular formula is C27H21ClN6O4. The number of hydrogen-bond donors (Lipinski definition) is 1. The highest BCUT2D eigenvalue weighted by molar-refractivity contribution is 6.33. The van der Waals surface area contributed by atoms with E-state index in [1.54, 1.807) is 47.1 Å². The Balaban J connectivity index is 1.30. The maximum Gasteiger partial charge on any atom is 0.285 e. The van der Waals surface area contributed by atoms with Gasteiger partial charge < -0.3 is 14.8 Å². The summed E-state index contributed by atoms with van der Waals surface area (Å²) in [5.41, 5.74) is 2.02. The second-order valence-corrected chi connectivity index (χ2v) is 8.40. The van der Waals surface area contributed by atoms with Crippen LogP contribution < -0.4 is 20.3 Å². The fourth-order valence-corrected chi connectivity index (χ4v) is 3.83. The molecule has 11 heteroatoms. The number of carbonyl (C=O) groups excluding carboxylic acids is 1. The minimum absolute atomic E-state index is 0.243. The zero-order valence-electron chi connectivity index (χ0n) is 20.1. The minimum atomic E-state index is -0.372. The number of amides is 1. The van der Waals surface area contributed by atoms with Crippen molar-refractivity contribution in [2.24, 2.45) is 5.10 Å². The second-order valence-electron chi connectivity index (χ2n) is 8.00. The van der Waals surface area contributed by atoms with Crippen LogP contribution in [0.25, 0.3) is 16.7 Å². The first-order valence-electron chi connectivity index (χ1n) is 11.4. The zero-order chi connectivity index (χ0) is 26.5. The predicted molar refractivity (Wildman–Crippen MR) is 145 cm³/mol. The average Bonchev–Trinajstić information content (AvgIpc) is 3.38. The molecule has 1 amide bonds. The largest absolute Gasteiger partial charge is 0.493 e. The smallest absolute Gasteiger partial charge is 0.285 e. The Morgan fingerprint density at radius 1 is 1.08 bits per heavy atom. The van der Waals surface area contributed by atoms with Gasteiger partial charge in [-0.2, -0.15) is 14.9 Å². The Morgan fingerprint density at radius 3 is 2.66 bits per heavy atom. The molecule has 0 bridgehead atoms. The van der Waals surface area contributed by atoms with Gasteiger partial charge in [0.15, 0.2) is 23.8 Å². The van der Waals surface area contributed by atoms with Gasteiger partial charge in [0.25, 0.3) is 11.5 Å². The first-order chi connectivity index (χ1) is 18.5. The number of para-hydroxylation sites is 2. The van der Waals surface area contributed by atoms with E-state index in [-0.39, 0.29) is 18.1 Å². The van der Waals surface area contributed by atoms with E-state index in [0.29, 0.717) is 38.8 Å². The molecule has 38 heavy (non-hydrogen) atoms. The first-order valence-corrected chi connectivity index (χ1v) is 11.8. The number of ether oxygens (including phenoxy) is 2. The number of rotatable bonds is 8. The number of carbonyl (C=O) groups is 1. The van der Waals surface area contributed by atoms with E-state index in [2.05, 4.69) is 20.5 Å². The molecule has 2 heterocycles. The lowest BCUT2D eigenvalue weighted by Gasteiger charge is -2.12. The SMILES string of the molecule is COc1cc(/C=N/n2cnc3c(cnn3-c3ccccc3)c2=O)ccc1OCC(=O)Nc1ccccc1Cl. The Labute approximate surface area is 221 Å². The van der Waals surface area contributed by atoms with Gasteiger partial charge in [0, 0.05) is 0 Å². The average molecular weight is 529 g/mol. The van der Waals surface area contributed by atoms with E-state index in [1.165, 1.54) is 25.8 Å². The molecule has 190 valence electrons. The fourth-order valence-electron chi connectivity index (χ4n) is 3.65. The monoisotopic (exact) mass is 528 g/mol. The molecule has 0 aliphatic carbocycles. The van der Waals surface area contributed by atoms with Crippen molar-refractivity contribution in [1.29, 1.82) is 0 Å². The van der Waals surface area contributed by atoms with Gasteiger partial charge in [-0.1, -0.05) is 41.9 Å². The summed E-state index contributed by atoms with van der Waals surface area (Å²) in [6.45, 7) is -0.243. The zero-order valence-corrected chi connectivity index (χ0v) is 20.9. The predicted octanol–water partition coefficient (Wildman–Crippen LogP) is 4.14. The topological polar surface area (TPSA) is 113 Å². The summed E-state index contributed by atoms with van der Waals surface area (Å²) < 4.78 is 13.8. The van der Waals surface area contributed by atoms with Crippen LogP contribution in [0.1, 0.15) is 5.56 Å². The molecule has 3 aromatic carbocycles. The van der Waals surface area contributed by atoms with Crippen LogP contribution in [-0.4, -0.2) is 45.3 Å². The van der Waals surface area contributed by atoms with Gasteiger partial charge in [-0.3, -0.25) is 9.59 Å². The van der Waals surface area contributed by atoms with E-state index < -0.39 is 0 Å². The van der Waals surface area contributed by atoms with Crippen LogP contribution in [0.5, 0.6) is 11.5 Å². The van der Waals surface area contributed by atoms with Crippen LogP contribution >= 0.6 is 11.6 Å². The van der Waals surface area contributed by atoms with Crippen molar-refractivity contribution < 1.29 is 14.3 Å². The lowest BCUT2D eigenvalue weighted by molar-refractivity contribution is -0.118. The molecule has 0 fully saturated rings. The second kappa shape index (κ2) is 11.0. The van der Waals surface area contributed by atoms with Gasteiger partial charge >= 0.3 is 0 Å². The number of nitrogens with one attached hydrogen (secondary N) is 1. The van der Waals surface area contributed by atoms with Crippen LogP contribution in [0.4, 0.5) is 5.69 Å². The summed E-state index contributed by atoms with van der Waals surface area (Å²) in [4.78, 5) is 29.6. The molecule has 0 radical (unpaired) electrons. The molecule has 1 N–H and O–H groups in total. The summed E-state index contributed by atoms with van der Waals surface area (Å²) in [7, 11) is 1.49. The van der Waals surface area contributed by atoms with Gasteiger partial charge in [0.2, 0.25) is 0 Å². The number of aromatic nitrogens is 4. The van der Waals surface area contributed by atoms with Crippen LogP contribution in [0.2, 0.25) is 5.02 Å². The third kappa shape index (κ3) is 5.25. The van der Waals surface area contributed by atoms with Gasteiger partial charge in [-0.25, -0.2) is 9.67 Å². The van der Waals surface area contributed by atoms with Crippen molar-refractivity contribution in [2.45, 2.75) is 0 Å². The molecule has 5 aromatic rings. The van der Waals surface area contributed by atoms with E-state index in [9.17, 15) is 9.59 Å². The minimum Gasteiger partial charge on any atom is -0.493 e. The number of halogens is 1. The molecule has 0 unspecified atom stereocenters. The van der Waals surface area contributed by atoms with Crippen molar-refractivity contribution in [1.82, 2.24) is 19.4 Å². The third-order valence-corrected chi connectivity index (χ3v) is 5.83. The van der Waals surface area contributed by atoms with Crippen LogP contribution in [-0.2, 0) is 4.79 Å². The molecular weight excluding hydrogens is 508 g/mol. The molecule has 2 aromatic heterocycles. The number of fused-ring (bicyclic) bond motifs is 1. The van der Waals surface area contributed by atoms with E-state index >= 15 is 0 Å². The number of hydrogen-bond acceptors (Lipinski definition) is 7. The van der Waals surface area contributed by atoms with Crippen molar-refractivity contribution in [3.63, 3.8) is 0 Å². The molecule has 5 rings (SSSR count). The lowest BCUT2D eigenvalue weighted by Crippen LogP contribution is -2.20. The van der Waals surface area contributed by atoms with Crippen molar-refractivity contribution in [3.05, 3.63) is 106 Å². The number of anilines is 1. The van der Waals surface area contributed by atoms with Gasteiger partial charge in [0.1, 0.15) is 11.7 Å². The molecule has 0 atom stereocenters. The highest BCUT2D eigenvalue weighted by atomic mass is 35.5. The van der Waals surface area contributed by atoms with Gasteiger partial charge in [-0.15, -0.1) is 0 Å². The molecule has 0 aliphatic rings. The maximum absolute atomic E-state index is 12.9. The quantitative estimate of drug-likeness (QED) is 0.303. The van der Waals surface area contributed by atoms with Crippen LogP contribution in [0.15, 0.2) is 95.2 Å². The maximum atomic E-state index is 12.9. The van der Waals surface area contributed by atoms with E-state index in [1.807, 2.05) is 30.3 Å². The Bertz CT molecular complexity index is 1700. The summed E-state index contributed by atoms with van der Waals surface area (Å²) in [6.07, 6.45) is 4.31.